The van der Waals surface area contributed by atoms with Crippen LogP contribution in [0.4, 0.5) is 0 Å². The van der Waals surface area contributed by atoms with Crippen LogP contribution in [0.5, 0.6) is 0 Å². The highest BCUT2D eigenvalue weighted by atomic mass is 15.2. The molecule has 1 aliphatic carbocycles. The molecule has 0 amide bonds. The van der Waals surface area contributed by atoms with Crippen LogP contribution in [0.15, 0.2) is 0 Å². The van der Waals surface area contributed by atoms with Gasteiger partial charge < -0.3 is 10.2 Å². The Bertz CT molecular complexity index is 261. The van der Waals surface area contributed by atoms with E-state index >= 15 is 0 Å². The van der Waals surface area contributed by atoms with Gasteiger partial charge in [0.15, 0.2) is 0 Å². The van der Waals surface area contributed by atoms with E-state index in [4.69, 9.17) is 0 Å². The van der Waals surface area contributed by atoms with E-state index in [1.165, 1.54) is 71.4 Å². The summed E-state index contributed by atoms with van der Waals surface area (Å²) in [7, 11) is 2.35. The van der Waals surface area contributed by atoms with Gasteiger partial charge in [-0.3, -0.25) is 4.90 Å². The predicted molar refractivity (Wildman–Crippen MR) is 87.1 cm³/mol. The first-order chi connectivity index (χ1) is 9.65. The molecule has 2 atom stereocenters. The fraction of sp³-hybridized carbons (Fsp3) is 1.00. The zero-order valence-corrected chi connectivity index (χ0v) is 13.9. The maximum Gasteiger partial charge on any atom is 0.0110 e. The van der Waals surface area contributed by atoms with Crippen molar-refractivity contribution in [1.82, 2.24) is 15.1 Å². The van der Waals surface area contributed by atoms with E-state index in [1.54, 1.807) is 0 Å². The number of likely N-dealkylation sites (N-methyl/N-ethyl adjacent to an activating group) is 1. The molecule has 20 heavy (non-hydrogen) atoms. The normalized spacial score (nSPS) is 29.2. The summed E-state index contributed by atoms with van der Waals surface area (Å²) in [6.45, 7) is 12.0. The third-order valence-electron chi connectivity index (χ3n) is 5.16. The highest BCUT2D eigenvalue weighted by Crippen LogP contribution is 2.31. The van der Waals surface area contributed by atoms with Crippen molar-refractivity contribution in [2.45, 2.75) is 52.0 Å². The molecule has 2 unspecified atom stereocenters. The molecular weight excluding hydrogens is 246 g/mol. The number of piperazine rings is 1. The van der Waals surface area contributed by atoms with Crippen molar-refractivity contribution in [2.24, 2.45) is 11.8 Å². The van der Waals surface area contributed by atoms with Crippen molar-refractivity contribution in [2.75, 3.05) is 46.3 Å². The van der Waals surface area contributed by atoms with Gasteiger partial charge in [0.05, 0.1) is 0 Å². The van der Waals surface area contributed by atoms with E-state index in [1.807, 2.05) is 0 Å². The molecule has 0 aromatic heterocycles. The first kappa shape index (κ1) is 16.3. The largest absolute Gasteiger partial charge is 0.314 e. The van der Waals surface area contributed by atoms with Crippen molar-refractivity contribution < 1.29 is 0 Å². The third-order valence-corrected chi connectivity index (χ3v) is 5.16. The third kappa shape index (κ3) is 5.34. The van der Waals surface area contributed by atoms with Gasteiger partial charge in [-0.2, -0.15) is 0 Å². The second-order valence-corrected chi connectivity index (χ2v) is 7.39. The predicted octanol–water partition coefficient (Wildman–Crippen LogP) is 2.43. The molecule has 1 heterocycles. The molecule has 1 saturated carbocycles. The smallest absolute Gasteiger partial charge is 0.0110 e. The average molecular weight is 281 g/mol. The van der Waals surface area contributed by atoms with Gasteiger partial charge in [0.2, 0.25) is 0 Å². The lowest BCUT2D eigenvalue weighted by molar-refractivity contribution is 0.127. The molecule has 1 saturated heterocycles. The Morgan fingerprint density at radius 3 is 2.65 bits per heavy atom. The number of hydrogen-bond donors (Lipinski definition) is 1. The minimum atomic E-state index is 0.843. The van der Waals surface area contributed by atoms with Crippen LogP contribution in [0.2, 0.25) is 0 Å². The van der Waals surface area contributed by atoms with Crippen molar-refractivity contribution in [1.29, 1.82) is 0 Å². The molecule has 1 N–H and O–H groups in total. The maximum atomic E-state index is 3.43. The van der Waals surface area contributed by atoms with Crippen LogP contribution in [-0.2, 0) is 0 Å². The summed E-state index contributed by atoms with van der Waals surface area (Å²) < 4.78 is 0. The second-order valence-electron chi connectivity index (χ2n) is 7.39. The monoisotopic (exact) mass is 281 g/mol. The fourth-order valence-corrected chi connectivity index (χ4v) is 3.96. The quantitative estimate of drug-likeness (QED) is 0.807. The fourth-order valence-electron chi connectivity index (χ4n) is 3.96. The van der Waals surface area contributed by atoms with E-state index in [0.29, 0.717) is 0 Å². The van der Waals surface area contributed by atoms with Crippen molar-refractivity contribution >= 4 is 0 Å². The van der Waals surface area contributed by atoms with Crippen LogP contribution >= 0.6 is 0 Å². The van der Waals surface area contributed by atoms with E-state index in [-0.39, 0.29) is 0 Å². The Morgan fingerprint density at radius 1 is 1.20 bits per heavy atom. The Morgan fingerprint density at radius 2 is 1.95 bits per heavy atom. The summed E-state index contributed by atoms with van der Waals surface area (Å²) in [5, 5.41) is 3.43. The first-order valence-electron chi connectivity index (χ1n) is 8.78. The van der Waals surface area contributed by atoms with Crippen LogP contribution in [0, 0.1) is 11.8 Å². The summed E-state index contributed by atoms with van der Waals surface area (Å²) in [4.78, 5) is 5.26. The van der Waals surface area contributed by atoms with Gasteiger partial charge in [-0.25, -0.2) is 0 Å². The summed E-state index contributed by atoms with van der Waals surface area (Å²) in [6.07, 6.45) is 7.21. The van der Waals surface area contributed by atoms with Crippen LogP contribution in [0.1, 0.15) is 46.0 Å². The molecule has 2 aliphatic rings. The minimum absolute atomic E-state index is 0.843. The number of nitrogens with one attached hydrogen (secondary N) is 1. The molecule has 3 nitrogen and oxygen atoms in total. The van der Waals surface area contributed by atoms with Crippen molar-refractivity contribution in [3.05, 3.63) is 0 Å². The molecule has 0 radical (unpaired) electrons. The molecule has 1 aliphatic heterocycles. The molecule has 0 spiro atoms. The Hall–Kier alpha value is -0.120. The van der Waals surface area contributed by atoms with E-state index in [0.717, 1.165) is 17.9 Å². The van der Waals surface area contributed by atoms with Crippen LogP contribution < -0.4 is 5.32 Å². The molecule has 118 valence electrons. The van der Waals surface area contributed by atoms with Gasteiger partial charge >= 0.3 is 0 Å². The van der Waals surface area contributed by atoms with Gasteiger partial charge in [-0.1, -0.05) is 26.7 Å². The van der Waals surface area contributed by atoms with Gasteiger partial charge in [-0.15, -0.1) is 0 Å². The highest BCUT2D eigenvalue weighted by molar-refractivity contribution is 4.80. The Kier molecular flexibility index (Phi) is 6.79. The Balaban J connectivity index is 1.69. The average Bonchev–Trinajstić information content (AvgIpc) is 2.45. The molecule has 2 fully saturated rings. The van der Waals surface area contributed by atoms with Crippen LogP contribution in [-0.4, -0.2) is 62.2 Å². The highest BCUT2D eigenvalue weighted by Gasteiger charge is 2.25. The molecule has 0 bridgehead atoms. The van der Waals surface area contributed by atoms with E-state index < -0.39 is 0 Å². The first-order valence-corrected chi connectivity index (χ1v) is 8.78. The van der Waals surface area contributed by atoms with Crippen LogP contribution in [0.3, 0.4) is 0 Å². The lowest BCUT2D eigenvalue weighted by Crippen LogP contribution is -2.47. The van der Waals surface area contributed by atoms with Gasteiger partial charge in [0.25, 0.3) is 0 Å². The van der Waals surface area contributed by atoms with E-state index in [9.17, 15) is 0 Å². The van der Waals surface area contributed by atoms with Crippen molar-refractivity contribution in [3.63, 3.8) is 0 Å². The number of rotatable bonds is 6. The van der Waals surface area contributed by atoms with E-state index in [2.05, 4.69) is 36.0 Å². The van der Waals surface area contributed by atoms with Crippen molar-refractivity contribution in [3.8, 4) is 0 Å². The van der Waals surface area contributed by atoms with Gasteiger partial charge in [0.1, 0.15) is 0 Å². The topological polar surface area (TPSA) is 18.5 Å². The SMILES string of the molecule is CC(C)CC1CCCC(N(C)CCN2CCNCC2)C1. The molecule has 0 aromatic carbocycles. The lowest BCUT2D eigenvalue weighted by Gasteiger charge is -2.37. The summed E-state index contributed by atoms with van der Waals surface area (Å²) in [5.41, 5.74) is 0. The summed E-state index contributed by atoms with van der Waals surface area (Å²) >= 11 is 0. The lowest BCUT2D eigenvalue weighted by atomic mass is 9.80. The van der Waals surface area contributed by atoms with Gasteiger partial charge in [-0.05, 0) is 38.1 Å². The van der Waals surface area contributed by atoms with Gasteiger partial charge in [0, 0.05) is 45.3 Å². The summed E-state index contributed by atoms with van der Waals surface area (Å²) in [6, 6.07) is 0.843. The van der Waals surface area contributed by atoms with Crippen LogP contribution in [0.25, 0.3) is 0 Å². The zero-order chi connectivity index (χ0) is 14.4. The Labute approximate surface area is 126 Å². The second kappa shape index (κ2) is 8.35. The standard InChI is InChI=1S/C17H35N3/c1-15(2)13-16-5-4-6-17(14-16)19(3)11-12-20-9-7-18-8-10-20/h15-18H,4-14H2,1-3H3. The molecule has 3 heteroatoms. The number of nitrogens with zero attached hydrogens (tertiary/aromatic N) is 2. The molecular formula is C17H35N3. The minimum Gasteiger partial charge on any atom is -0.314 e. The molecule has 0 aromatic rings. The maximum absolute atomic E-state index is 3.43. The zero-order valence-electron chi connectivity index (χ0n) is 13.9. The molecule has 2 rings (SSSR count). The summed E-state index contributed by atoms with van der Waals surface area (Å²) in [5.74, 6) is 1.85. The number of hydrogen-bond acceptors (Lipinski definition) is 3.